The maximum Gasteiger partial charge on any atom is 0.191 e. The summed E-state index contributed by atoms with van der Waals surface area (Å²) in [6.45, 7) is 11.3. The zero-order valence-corrected chi connectivity index (χ0v) is 12.7. The van der Waals surface area contributed by atoms with Crippen LogP contribution in [0.15, 0.2) is 29.3 Å². The van der Waals surface area contributed by atoms with Crippen molar-refractivity contribution in [1.82, 2.24) is 10.6 Å². The van der Waals surface area contributed by atoms with Gasteiger partial charge in [-0.25, -0.2) is 4.99 Å². The highest BCUT2D eigenvalue weighted by Gasteiger charge is 2.00. The third kappa shape index (κ3) is 6.27. The molecule has 106 valence electrons. The first kappa shape index (κ1) is 15.5. The zero-order valence-electron chi connectivity index (χ0n) is 12.7. The van der Waals surface area contributed by atoms with E-state index in [4.69, 9.17) is 0 Å². The van der Waals surface area contributed by atoms with Crippen LogP contribution in [-0.4, -0.2) is 19.0 Å². The summed E-state index contributed by atoms with van der Waals surface area (Å²) >= 11 is 0. The maximum atomic E-state index is 4.64. The van der Waals surface area contributed by atoms with Crippen molar-refractivity contribution < 1.29 is 0 Å². The lowest BCUT2D eigenvalue weighted by Gasteiger charge is -2.12. The molecule has 0 aliphatic rings. The predicted molar refractivity (Wildman–Crippen MR) is 83.5 cm³/mol. The van der Waals surface area contributed by atoms with Crippen LogP contribution in [0.25, 0.3) is 0 Å². The SMILES string of the molecule is CCNC(=NCc1ccccc1C)NCCC(C)C. The Morgan fingerprint density at radius 3 is 2.58 bits per heavy atom. The number of hydrogen-bond acceptors (Lipinski definition) is 1. The van der Waals surface area contributed by atoms with Crippen LogP contribution in [0.3, 0.4) is 0 Å². The molecule has 0 fully saturated rings. The van der Waals surface area contributed by atoms with Crippen LogP contribution in [0.5, 0.6) is 0 Å². The molecule has 0 spiro atoms. The van der Waals surface area contributed by atoms with Gasteiger partial charge in [-0.15, -0.1) is 0 Å². The van der Waals surface area contributed by atoms with E-state index in [0.29, 0.717) is 5.92 Å². The molecule has 0 aliphatic heterocycles. The van der Waals surface area contributed by atoms with Gasteiger partial charge < -0.3 is 10.6 Å². The van der Waals surface area contributed by atoms with E-state index in [9.17, 15) is 0 Å². The molecular weight excluding hydrogens is 234 g/mol. The molecule has 0 heterocycles. The molecular formula is C16H27N3. The molecule has 0 saturated carbocycles. The highest BCUT2D eigenvalue weighted by Crippen LogP contribution is 2.07. The van der Waals surface area contributed by atoms with Crippen molar-refractivity contribution in [3.8, 4) is 0 Å². The van der Waals surface area contributed by atoms with E-state index < -0.39 is 0 Å². The third-order valence-electron chi connectivity index (χ3n) is 3.03. The van der Waals surface area contributed by atoms with E-state index in [1.165, 1.54) is 11.1 Å². The number of guanidine groups is 1. The highest BCUT2D eigenvalue weighted by molar-refractivity contribution is 5.79. The molecule has 0 unspecified atom stereocenters. The van der Waals surface area contributed by atoms with E-state index in [1.807, 2.05) is 0 Å². The van der Waals surface area contributed by atoms with Crippen molar-refractivity contribution in [1.29, 1.82) is 0 Å². The largest absolute Gasteiger partial charge is 0.357 e. The van der Waals surface area contributed by atoms with Crippen LogP contribution in [0, 0.1) is 12.8 Å². The Balaban J connectivity index is 2.55. The summed E-state index contributed by atoms with van der Waals surface area (Å²) in [5, 5.41) is 6.67. The van der Waals surface area contributed by atoms with Crippen molar-refractivity contribution in [3.05, 3.63) is 35.4 Å². The number of nitrogens with one attached hydrogen (secondary N) is 2. The quantitative estimate of drug-likeness (QED) is 0.610. The second-order valence-electron chi connectivity index (χ2n) is 5.23. The molecule has 19 heavy (non-hydrogen) atoms. The number of hydrogen-bond donors (Lipinski definition) is 2. The smallest absolute Gasteiger partial charge is 0.191 e. The molecule has 1 aromatic rings. The molecule has 3 nitrogen and oxygen atoms in total. The van der Waals surface area contributed by atoms with Gasteiger partial charge in [-0.05, 0) is 37.3 Å². The van der Waals surface area contributed by atoms with E-state index in [-0.39, 0.29) is 0 Å². The second kappa shape index (κ2) is 8.57. The summed E-state index contributed by atoms with van der Waals surface area (Å²) < 4.78 is 0. The Hall–Kier alpha value is -1.51. The highest BCUT2D eigenvalue weighted by atomic mass is 15.2. The van der Waals surface area contributed by atoms with E-state index in [2.05, 4.69) is 67.6 Å². The van der Waals surface area contributed by atoms with Crippen LogP contribution in [0.1, 0.15) is 38.3 Å². The molecule has 0 bridgehead atoms. The lowest BCUT2D eigenvalue weighted by Crippen LogP contribution is -2.38. The molecule has 2 N–H and O–H groups in total. The molecule has 0 aliphatic carbocycles. The number of rotatable bonds is 6. The van der Waals surface area contributed by atoms with Crippen LogP contribution in [0.4, 0.5) is 0 Å². The van der Waals surface area contributed by atoms with Gasteiger partial charge in [0.1, 0.15) is 0 Å². The van der Waals surface area contributed by atoms with Gasteiger partial charge in [0.25, 0.3) is 0 Å². The molecule has 0 radical (unpaired) electrons. The first-order valence-electron chi connectivity index (χ1n) is 7.20. The summed E-state index contributed by atoms with van der Waals surface area (Å²) in [7, 11) is 0. The Morgan fingerprint density at radius 1 is 1.21 bits per heavy atom. The van der Waals surface area contributed by atoms with Gasteiger partial charge in [-0.1, -0.05) is 38.1 Å². The van der Waals surface area contributed by atoms with Crippen LogP contribution in [0.2, 0.25) is 0 Å². The first-order valence-corrected chi connectivity index (χ1v) is 7.20. The minimum atomic E-state index is 0.715. The average molecular weight is 261 g/mol. The van der Waals surface area contributed by atoms with Gasteiger partial charge in [0.05, 0.1) is 6.54 Å². The lowest BCUT2D eigenvalue weighted by atomic mass is 10.1. The molecule has 3 heteroatoms. The molecule has 0 amide bonds. The number of aryl methyl sites for hydroxylation is 1. The van der Waals surface area contributed by atoms with Gasteiger partial charge in [-0.2, -0.15) is 0 Å². The molecule has 0 atom stereocenters. The third-order valence-corrected chi connectivity index (χ3v) is 3.03. The fourth-order valence-corrected chi connectivity index (χ4v) is 1.77. The van der Waals surface area contributed by atoms with Gasteiger partial charge >= 0.3 is 0 Å². The lowest BCUT2D eigenvalue weighted by molar-refractivity contribution is 0.573. The minimum Gasteiger partial charge on any atom is -0.357 e. The van der Waals surface area contributed by atoms with Gasteiger partial charge in [-0.3, -0.25) is 0 Å². The van der Waals surface area contributed by atoms with Crippen LogP contribution >= 0.6 is 0 Å². The van der Waals surface area contributed by atoms with E-state index in [0.717, 1.165) is 32.0 Å². The first-order chi connectivity index (χ1) is 9.13. The number of nitrogens with zero attached hydrogens (tertiary/aromatic N) is 1. The van der Waals surface area contributed by atoms with Crippen LogP contribution < -0.4 is 10.6 Å². The monoisotopic (exact) mass is 261 g/mol. The van der Waals surface area contributed by atoms with Gasteiger partial charge in [0.2, 0.25) is 0 Å². The normalized spacial score (nSPS) is 11.7. The molecule has 0 saturated heterocycles. The van der Waals surface area contributed by atoms with Crippen molar-refractivity contribution in [2.45, 2.75) is 40.7 Å². The maximum absolute atomic E-state index is 4.64. The van der Waals surface area contributed by atoms with E-state index >= 15 is 0 Å². The predicted octanol–water partition coefficient (Wildman–Crippen LogP) is 3.10. The molecule has 1 aromatic carbocycles. The minimum absolute atomic E-state index is 0.715. The van der Waals surface area contributed by atoms with Gasteiger partial charge in [0, 0.05) is 13.1 Å². The summed E-state index contributed by atoms with van der Waals surface area (Å²) in [6.07, 6.45) is 1.16. The van der Waals surface area contributed by atoms with Gasteiger partial charge in [0.15, 0.2) is 5.96 Å². The molecule has 1 rings (SSSR count). The van der Waals surface area contributed by atoms with Crippen molar-refractivity contribution in [2.24, 2.45) is 10.9 Å². The van der Waals surface area contributed by atoms with Crippen molar-refractivity contribution in [2.75, 3.05) is 13.1 Å². The summed E-state index contributed by atoms with van der Waals surface area (Å²) in [4.78, 5) is 4.64. The molecule has 0 aromatic heterocycles. The fraction of sp³-hybridized carbons (Fsp3) is 0.562. The van der Waals surface area contributed by atoms with E-state index in [1.54, 1.807) is 0 Å². The fourth-order valence-electron chi connectivity index (χ4n) is 1.77. The average Bonchev–Trinajstić information content (AvgIpc) is 2.37. The van der Waals surface area contributed by atoms with Crippen molar-refractivity contribution >= 4 is 5.96 Å². The topological polar surface area (TPSA) is 36.4 Å². The Kier molecular flexibility index (Phi) is 7.01. The Morgan fingerprint density at radius 2 is 1.95 bits per heavy atom. The number of benzene rings is 1. The van der Waals surface area contributed by atoms with Crippen molar-refractivity contribution in [3.63, 3.8) is 0 Å². The standard InChI is InChI=1S/C16H27N3/c1-5-17-16(18-11-10-13(2)3)19-12-15-9-7-6-8-14(15)4/h6-9,13H,5,10-12H2,1-4H3,(H2,17,18,19). The summed E-state index contributed by atoms with van der Waals surface area (Å²) in [6, 6.07) is 8.39. The Bertz CT molecular complexity index is 397. The Labute approximate surface area is 117 Å². The van der Waals surface area contributed by atoms with Crippen LogP contribution in [-0.2, 0) is 6.54 Å². The second-order valence-corrected chi connectivity index (χ2v) is 5.23. The number of aliphatic imine (C=N–C) groups is 1. The summed E-state index contributed by atoms with van der Waals surface area (Å²) in [5.74, 6) is 1.62. The zero-order chi connectivity index (χ0) is 14.1. The summed E-state index contributed by atoms with van der Waals surface area (Å²) in [5.41, 5.74) is 2.58.